The van der Waals surface area contributed by atoms with Crippen LogP contribution in [-0.4, -0.2) is 32.0 Å². The highest BCUT2D eigenvalue weighted by molar-refractivity contribution is 5.97. The summed E-state index contributed by atoms with van der Waals surface area (Å²) in [4.78, 5) is 22.9. The molecule has 6 heteroatoms. The number of anilines is 1. The Bertz CT molecular complexity index is 586. The molecule has 1 aromatic carbocycles. The molecular formula is C16H19N3O3. The highest BCUT2D eigenvalue weighted by Crippen LogP contribution is 2.10. The van der Waals surface area contributed by atoms with Gasteiger partial charge >= 0.3 is 0 Å². The number of ketones is 1. The van der Waals surface area contributed by atoms with E-state index in [1.165, 1.54) is 13.1 Å². The van der Waals surface area contributed by atoms with Crippen LogP contribution in [0.15, 0.2) is 36.0 Å². The van der Waals surface area contributed by atoms with Gasteiger partial charge in [-0.25, -0.2) is 0 Å². The second-order valence-electron chi connectivity index (χ2n) is 4.55. The predicted molar refractivity (Wildman–Crippen MR) is 83.3 cm³/mol. The van der Waals surface area contributed by atoms with Crippen LogP contribution in [0.25, 0.3) is 0 Å². The maximum absolute atomic E-state index is 11.8. The van der Waals surface area contributed by atoms with Crippen molar-refractivity contribution in [3.05, 3.63) is 41.6 Å². The zero-order valence-electron chi connectivity index (χ0n) is 12.7. The molecule has 1 rings (SSSR count). The van der Waals surface area contributed by atoms with Crippen molar-refractivity contribution in [2.45, 2.75) is 13.3 Å². The number of carbonyl (C=O) groups excluding carboxylic acids is 2. The summed E-state index contributed by atoms with van der Waals surface area (Å²) in [5, 5.41) is 14.5. The smallest absolute Gasteiger partial charge is 0.263 e. The maximum Gasteiger partial charge on any atom is 0.263 e. The fourth-order valence-corrected chi connectivity index (χ4v) is 1.62. The lowest BCUT2D eigenvalue weighted by atomic mass is 10.1. The molecule has 0 fully saturated rings. The zero-order chi connectivity index (χ0) is 16.4. The number of methoxy groups -OCH3 is 1. The normalized spacial score (nSPS) is 10.7. The molecule has 116 valence electrons. The summed E-state index contributed by atoms with van der Waals surface area (Å²) < 4.78 is 4.87. The molecule has 0 saturated heterocycles. The van der Waals surface area contributed by atoms with Crippen molar-refractivity contribution in [3.8, 4) is 6.07 Å². The van der Waals surface area contributed by atoms with E-state index in [0.29, 0.717) is 30.8 Å². The first kappa shape index (κ1) is 17.4. The monoisotopic (exact) mass is 301 g/mol. The van der Waals surface area contributed by atoms with Crippen LogP contribution >= 0.6 is 0 Å². The Morgan fingerprint density at radius 1 is 1.32 bits per heavy atom. The minimum absolute atomic E-state index is 0.0183. The topological polar surface area (TPSA) is 91.2 Å². The third-order valence-electron chi connectivity index (χ3n) is 2.85. The summed E-state index contributed by atoms with van der Waals surface area (Å²) in [5.74, 6) is -0.457. The molecule has 0 heterocycles. The second-order valence-corrected chi connectivity index (χ2v) is 4.55. The number of nitrogens with one attached hydrogen (secondary N) is 2. The first-order valence-electron chi connectivity index (χ1n) is 6.83. The van der Waals surface area contributed by atoms with E-state index in [4.69, 9.17) is 10.00 Å². The van der Waals surface area contributed by atoms with Crippen molar-refractivity contribution in [3.63, 3.8) is 0 Å². The summed E-state index contributed by atoms with van der Waals surface area (Å²) in [6.45, 7) is 2.48. The molecule has 0 saturated carbocycles. The molecule has 0 unspecified atom stereocenters. The van der Waals surface area contributed by atoms with E-state index in [1.807, 2.05) is 6.07 Å². The van der Waals surface area contributed by atoms with Crippen LogP contribution in [-0.2, 0) is 9.53 Å². The molecule has 0 atom stereocenters. The van der Waals surface area contributed by atoms with Crippen LogP contribution in [0.1, 0.15) is 23.7 Å². The van der Waals surface area contributed by atoms with Crippen LogP contribution in [0.5, 0.6) is 0 Å². The molecule has 0 radical (unpaired) electrons. The first-order valence-corrected chi connectivity index (χ1v) is 6.83. The molecule has 6 nitrogen and oxygen atoms in total. The minimum atomic E-state index is -0.438. The van der Waals surface area contributed by atoms with Crippen LogP contribution in [0.3, 0.4) is 0 Å². The lowest BCUT2D eigenvalue weighted by Gasteiger charge is -2.05. The van der Waals surface area contributed by atoms with Gasteiger partial charge in [0.1, 0.15) is 11.6 Å². The molecule has 1 amide bonds. The van der Waals surface area contributed by atoms with E-state index in [2.05, 4.69) is 10.6 Å². The van der Waals surface area contributed by atoms with E-state index < -0.39 is 5.91 Å². The van der Waals surface area contributed by atoms with Gasteiger partial charge in [-0.3, -0.25) is 9.59 Å². The standard InChI is InChI=1S/C16H19N3O3/c1-12(20)13-4-6-15(7-5-13)19-11-14(10-17)16(21)18-8-3-9-22-2/h4-7,11,19H,3,8-9H2,1-2H3,(H,18,21)/b14-11-. The van der Waals surface area contributed by atoms with E-state index in [-0.39, 0.29) is 11.4 Å². The number of hydrogen-bond acceptors (Lipinski definition) is 5. The van der Waals surface area contributed by atoms with Gasteiger partial charge in [0.2, 0.25) is 0 Å². The average molecular weight is 301 g/mol. The van der Waals surface area contributed by atoms with Gasteiger partial charge in [-0.2, -0.15) is 5.26 Å². The molecule has 2 N–H and O–H groups in total. The van der Waals surface area contributed by atoms with Crippen molar-refractivity contribution in [1.82, 2.24) is 5.32 Å². The highest BCUT2D eigenvalue weighted by Gasteiger charge is 2.07. The lowest BCUT2D eigenvalue weighted by Crippen LogP contribution is -2.26. The van der Waals surface area contributed by atoms with Gasteiger partial charge in [0, 0.05) is 37.7 Å². The fourth-order valence-electron chi connectivity index (χ4n) is 1.62. The second kappa shape index (κ2) is 9.32. The summed E-state index contributed by atoms with van der Waals surface area (Å²) in [5.41, 5.74) is 1.27. The zero-order valence-corrected chi connectivity index (χ0v) is 12.7. The Morgan fingerprint density at radius 3 is 2.55 bits per heavy atom. The maximum atomic E-state index is 11.8. The average Bonchev–Trinajstić information content (AvgIpc) is 2.52. The van der Waals surface area contributed by atoms with E-state index in [9.17, 15) is 9.59 Å². The number of rotatable bonds is 8. The largest absolute Gasteiger partial charge is 0.385 e. The van der Waals surface area contributed by atoms with Gasteiger partial charge in [0.15, 0.2) is 5.78 Å². The van der Waals surface area contributed by atoms with Crippen LogP contribution < -0.4 is 10.6 Å². The Balaban J connectivity index is 2.59. The van der Waals surface area contributed by atoms with Crippen LogP contribution in [0, 0.1) is 11.3 Å². The van der Waals surface area contributed by atoms with E-state index in [0.717, 1.165) is 0 Å². The number of nitriles is 1. The van der Waals surface area contributed by atoms with E-state index >= 15 is 0 Å². The number of hydrogen-bond donors (Lipinski definition) is 2. The molecule has 0 aromatic heterocycles. The van der Waals surface area contributed by atoms with Crippen molar-refractivity contribution >= 4 is 17.4 Å². The molecular weight excluding hydrogens is 282 g/mol. The Hall–Kier alpha value is -2.65. The Kier molecular flexibility index (Phi) is 7.37. The quantitative estimate of drug-likeness (QED) is 0.331. The lowest BCUT2D eigenvalue weighted by molar-refractivity contribution is -0.117. The van der Waals surface area contributed by atoms with Gasteiger partial charge in [0.25, 0.3) is 5.91 Å². The fraction of sp³-hybridized carbons (Fsp3) is 0.312. The Morgan fingerprint density at radius 2 is 2.00 bits per heavy atom. The molecule has 0 spiro atoms. The number of benzene rings is 1. The number of nitrogens with zero attached hydrogens (tertiary/aromatic N) is 1. The van der Waals surface area contributed by atoms with Gasteiger partial charge in [-0.15, -0.1) is 0 Å². The molecule has 0 aliphatic carbocycles. The Labute approximate surface area is 129 Å². The minimum Gasteiger partial charge on any atom is -0.385 e. The van der Waals surface area contributed by atoms with Crippen molar-refractivity contribution in [2.24, 2.45) is 0 Å². The van der Waals surface area contributed by atoms with Gasteiger partial charge in [0.05, 0.1) is 0 Å². The summed E-state index contributed by atoms with van der Waals surface area (Å²) in [6.07, 6.45) is 2.02. The summed E-state index contributed by atoms with van der Waals surface area (Å²) in [7, 11) is 1.59. The van der Waals surface area contributed by atoms with Crippen molar-refractivity contribution in [1.29, 1.82) is 5.26 Å². The molecule has 22 heavy (non-hydrogen) atoms. The highest BCUT2D eigenvalue weighted by atomic mass is 16.5. The third-order valence-corrected chi connectivity index (χ3v) is 2.85. The van der Waals surface area contributed by atoms with E-state index in [1.54, 1.807) is 31.4 Å². The third kappa shape index (κ3) is 5.77. The molecule has 0 bridgehead atoms. The number of amides is 1. The predicted octanol–water partition coefficient (Wildman–Crippen LogP) is 1.86. The summed E-state index contributed by atoms with van der Waals surface area (Å²) >= 11 is 0. The number of ether oxygens (including phenoxy) is 1. The van der Waals surface area contributed by atoms with Crippen LogP contribution in [0.4, 0.5) is 5.69 Å². The first-order chi connectivity index (χ1) is 10.6. The van der Waals surface area contributed by atoms with Gasteiger partial charge in [-0.1, -0.05) is 0 Å². The summed E-state index contributed by atoms with van der Waals surface area (Å²) in [6, 6.07) is 8.61. The van der Waals surface area contributed by atoms with Crippen LogP contribution in [0.2, 0.25) is 0 Å². The van der Waals surface area contributed by atoms with Gasteiger partial charge in [-0.05, 0) is 37.6 Å². The van der Waals surface area contributed by atoms with Crippen molar-refractivity contribution in [2.75, 3.05) is 25.6 Å². The molecule has 1 aromatic rings. The number of carbonyl (C=O) groups is 2. The van der Waals surface area contributed by atoms with Gasteiger partial charge < -0.3 is 15.4 Å². The number of Topliss-reactive ketones (excluding diaryl/α,β-unsaturated/α-hetero) is 1. The molecule has 0 aliphatic rings. The van der Waals surface area contributed by atoms with Crippen molar-refractivity contribution < 1.29 is 14.3 Å². The molecule has 0 aliphatic heterocycles. The SMILES string of the molecule is COCCCNC(=O)/C(C#N)=C\Nc1ccc(C(C)=O)cc1.